The van der Waals surface area contributed by atoms with E-state index in [1.165, 1.54) is 12.1 Å². The molecule has 0 saturated carbocycles. The molecule has 158 valence electrons. The molecule has 11 heteroatoms. The molecule has 0 radical (unpaired) electrons. The summed E-state index contributed by atoms with van der Waals surface area (Å²) in [5, 5.41) is 29.3. The van der Waals surface area contributed by atoms with E-state index in [-0.39, 0.29) is 29.1 Å². The fourth-order valence-electron chi connectivity index (χ4n) is 3.33. The number of carbonyl (C=O) groups excluding carboxylic acids is 1. The van der Waals surface area contributed by atoms with Gasteiger partial charge in [0.15, 0.2) is 5.76 Å². The van der Waals surface area contributed by atoms with Crippen LogP contribution in [0.25, 0.3) is 0 Å². The number of hydrogen-bond acceptors (Lipinski definition) is 8. The van der Waals surface area contributed by atoms with Crippen LogP contribution in [0.1, 0.15) is 54.1 Å². The number of non-ortho nitro benzene ring substituents is 1. The molecule has 0 atom stereocenters. The lowest BCUT2D eigenvalue weighted by molar-refractivity contribution is -0.393. The van der Waals surface area contributed by atoms with Crippen molar-refractivity contribution in [2.45, 2.75) is 46.1 Å². The number of hydrogen-bond donors (Lipinski definition) is 2. The average molecular weight is 415 g/mol. The molecule has 0 aliphatic heterocycles. The van der Waals surface area contributed by atoms with E-state index in [2.05, 4.69) is 15.8 Å². The van der Waals surface area contributed by atoms with Gasteiger partial charge in [-0.3, -0.25) is 30.4 Å². The van der Waals surface area contributed by atoms with E-state index in [0.717, 1.165) is 12.5 Å². The summed E-state index contributed by atoms with van der Waals surface area (Å²) in [5.41, 5.74) is 3.82. The van der Waals surface area contributed by atoms with Crippen molar-refractivity contribution in [2.75, 3.05) is 5.43 Å². The third-order valence-electron chi connectivity index (χ3n) is 4.65. The van der Waals surface area contributed by atoms with Crippen molar-refractivity contribution in [3.63, 3.8) is 0 Å². The lowest BCUT2D eigenvalue weighted by Gasteiger charge is -2.14. The minimum atomic E-state index is -0.709. The number of hydrazone groups is 1. The van der Waals surface area contributed by atoms with E-state index in [9.17, 15) is 25.0 Å². The van der Waals surface area contributed by atoms with Gasteiger partial charge in [-0.2, -0.15) is 5.10 Å². The van der Waals surface area contributed by atoms with Gasteiger partial charge < -0.3 is 9.73 Å². The largest absolute Gasteiger partial charge is 0.455 e. The van der Waals surface area contributed by atoms with Gasteiger partial charge in [0, 0.05) is 29.7 Å². The molecule has 2 N–H and O–H groups in total. The van der Waals surface area contributed by atoms with Crippen molar-refractivity contribution in [1.29, 1.82) is 0 Å². The number of amides is 1. The van der Waals surface area contributed by atoms with Gasteiger partial charge in [0.2, 0.25) is 0 Å². The van der Waals surface area contributed by atoms with E-state index in [0.29, 0.717) is 35.4 Å². The number of carbonyl (C=O) groups is 1. The molecule has 1 aliphatic carbocycles. The molecule has 30 heavy (non-hydrogen) atoms. The van der Waals surface area contributed by atoms with Crippen LogP contribution in [0.15, 0.2) is 27.7 Å². The zero-order valence-corrected chi connectivity index (χ0v) is 16.7. The Morgan fingerprint density at radius 1 is 1.20 bits per heavy atom. The summed E-state index contributed by atoms with van der Waals surface area (Å²) < 4.78 is 5.78. The highest BCUT2D eigenvalue weighted by Crippen LogP contribution is 2.32. The van der Waals surface area contributed by atoms with Crippen LogP contribution in [0.3, 0.4) is 0 Å². The number of furan rings is 1. The summed E-state index contributed by atoms with van der Waals surface area (Å²) >= 11 is 0. The van der Waals surface area contributed by atoms with Gasteiger partial charge in [-0.15, -0.1) is 0 Å². The Kier molecular flexibility index (Phi) is 5.81. The average Bonchev–Trinajstić information content (AvgIpc) is 3.03. The highest BCUT2D eigenvalue weighted by atomic mass is 16.6. The van der Waals surface area contributed by atoms with Crippen LogP contribution in [0.2, 0.25) is 0 Å². The van der Waals surface area contributed by atoms with E-state index in [4.69, 9.17) is 4.42 Å². The molecule has 0 bridgehead atoms. The number of rotatable bonds is 6. The first-order valence-electron chi connectivity index (χ1n) is 9.38. The molecule has 2 aromatic rings. The van der Waals surface area contributed by atoms with Crippen molar-refractivity contribution in [3.05, 3.63) is 61.1 Å². The Hall–Kier alpha value is -3.76. The van der Waals surface area contributed by atoms with Crippen LogP contribution in [-0.4, -0.2) is 27.5 Å². The van der Waals surface area contributed by atoms with Gasteiger partial charge in [-0.25, -0.2) is 0 Å². The zero-order chi connectivity index (χ0) is 22.0. The molecular weight excluding hydrogens is 394 g/mol. The summed E-state index contributed by atoms with van der Waals surface area (Å²) in [5.74, 6) is 0.561. The van der Waals surface area contributed by atoms with Crippen LogP contribution < -0.4 is 10.7 Å². The standard InChI is InChI=1S/C19H21N5O6/c1-10(2)20-19(25)18-11(3)17-14(5-4-6-16(17)30-18)22-21-13-8-7-12(23(26)27)9-15(13)24(28)29/h7-10,21H,4-6H2,1-3H3,(H,20,25)/b22-14+. The molecular formula is C19H21N5O6. The highest BCUT2D eigenvalue weighted by Gasteiger charge is 2.28. The second-order valence-electron chi connectivity index (χ2n) is 7.22. The summed E-state index contributed by atoms with van der Waals surface area (Å²) in [6.45, 7) is 5.47. The van der Waals surface area contributed by atoms with E-state index < -0.39 is 15.5 Å². The predicted octanol–water partition coefficient (Wildman–Crippen LogP) is 3.70. The maximum atomic E-state index is 12.4. The molecule has 1 aromatic carbocycles. The Morgan fingerprint density at radius 3 is 2.57 bits per heavy atom. The predicted molar refractivity (Wildman–Crippen MR) is 109 cm³/mol. The first kappa shape index (κ1) is 21.0. The molecule has 1 aromatic heterocycles. The SMILES string of the molecule is Cc1c(C(=O)NC(C)C)oc2c1/C(=N/Nc1ccc([N+](=O)[O-])cc1[N+](=O)[O-])CCC2. The second-order valence-corrected chi connectivity index (χ2v) is 7.22. The van der Waals surface area contributed by atoms with Gasteiger partial charge in [0.1, 0.15) is 11.4 Å². The Morgan fingerprint density at radius 2 is 1.93 bits per heavy atom. The van der Waals surface area contributed by atoms with Crippen LogP contribution in [0.5, 0.6) is 0 Å². The minimum Gasteiger partial charge on any atom is -0.455 e. The number of aryl methyl sites for hydroxylation is 1. The number of fused-ring (bicyclic) bond motifs is 1. The second kappa shape index (κ2) is 8.31. The molecule has 0 fully saturated rings. The smallest absolute Gasteiger partial charge is 0.301 e. The molecule has 3 rings (SSSR count). The van der Waals surface area contributed by atoms with Crippen molar-refractivity contribution >= 4 is 28.7 Å². The Bertz CT molecular complexity index is 1060. The zero-order valence-electron chi connectivity index (χ0n) is 16.7. The number of anilines is 1. The number of nitro groups is 2. The number of nitro benzene ring substituents is 2. The van der Waals surface area contributed by atoms with Gasteiger partial charge >= 0.3 is 5.69 Å². The topological polar surface area (TPSA) is 153 Å². The fraction of sp³-hybridized carbons (Fsp3) is 0.368. The molecule has 1 amide bonds. The summed E-state index contributed by atoms with van der Waals surface area (Å²) in [6.07, 6.45) is 1.99. The van der Waals surface area contributed by atoms with Crippen molar-refractivity contribution in [3.8, 4) is 0 Å². The van der Waals surface area contributed by atoms with Gasteiger partial charge in [0.25, 0.3) is 11.6 Å². The first-order valence-corrected chi connectivity index (χ1v) is 9.38. The maximum absolute atomic E-state index is 12.4. The molecule has 0 spiro atoms. The monoisotopic (exact) mass is 415 g/mol. The molecule has 11 nitrogen and oxygen atoms in total. The lowest BCUT2D eigenvalue weighted by Crippen LogP contribution is -2.30. The highest BCUT2D eigenvalue weighted by molar-refractivity contribution is 6.06. The number of nitrogens with one attached hydrogen (secondary N) is 2. The van der Waals surface area contributed by atoms with Crippen molar-refractivity contribution < 1.29 is 19.1 Å². The van der Waals surface area contributed by atoms with Crippen LogP contribution >= 0.6 is 0 Å². The minimum absolute atomic E-state index is 0.0316. The lowest BCUT2D eigenvalue weighted by atomic mass is 9.93. The molecule has 0 unspecified atom stereocenters. The summed E-state index contributed by atoms with van der Waals surface area (Å²) in [4.78, 5) is 33.2. The molecule has 0 saturated heterocycles. The Balaban J connectivity index is 1.94. The van der Waals surface area contributed by atoms with E-state index >= 15 is 0 Å². The number of nitrogens with zero attached hydrogens (tertiary/aromatic N) is 3. The van der Waals surface area contributed by atoms with Crippen LogP contribution in [0.4, 0.5) is 17.1 Å². The number of benzene rings is 1. The van der Waals surface area contributed by atoms with Gasteiger partial charge in [-0.1, -0.05) is 0 Å². The third-order valence-corrected chi connectivity index (χ3v) is 4.65. The molecule has 1 aliphatic rings. The fourth-order valence-corrected chi connectivity index (χ4v) is 3.33. The summed E-state index contributed by atoms with van der Waals surface area (Å²) in [6, 6.07) is 3.25. The third kappa shape index (κ3) is 4.14. The first-order chi connectivity index (χ1) is 14.2. The quantitative estimate of drug-likeness (QED) is 0.539. The van der Waals surface area contributed by atoms with Gasteiger partial charge in [0.05, 0.1) is 21.6 Å². The van der Waals surface area contributed by atoms with Gasteiger partial charge in [-0.05, 0) is 39.7 Å². The maximum Gasteiger partial charge on any atom is 0.301 e. The van der Waals surface area contributed by atoms with E-state index in [1.807, 2.05) is 13.8 Å². The molecule has 1 heterocycles. The van der Waals surface area contributed by atoms with Crippen LogP contribution in [0, 0.1) is 27.2 Å². The van der Waals surface area contributed by atoms with Crippen LogP contribution in [-0.2, 0) is 6.42 Å². The summed E-state index contributed by atoms with van der Waals surface area (Å²) in [7, 11) is 0. The van der Waals surface area contributed by atoms with E-state index in [1.54, 1.807) is 6.92 Å². The van der Waals surface area contributed by atoms with Crippen molar-refractivity contribution in [2.24, 2.45) is 5.10 Å². The van der Waals surface area contributed by atoms with Crippen molar-refractivity contribution in [1.82, 2.24) is 5.32 Å². The Labute approximate surface area is 171 Å². The normalized spacial score (nSPS) is 14.5.